The monoisotopic (exact) mass is 681 g/mol. The van der Waals surface area contributed by atoms with Gasteiger partial charge in [-0.25, -0.2) is 14.4 Å². The zero-order chi connectivity index (χ0) is 31.4. The summed E-state index contributed by atoms with van der Waals surface area (Å²) < 4.78 is 88.8. The number of benzene rings is 3. The van der Waals surface area contributed by atoms with Gasteiger partial charge in [0.15, 0.2) is 0 Å². The van der Waals surface area contributed by atoms with Crippen molar-refractivity contribution in [1.82, 2.24) is 0 Å². The molecule has 16 heteroatoms. The molecule has 0 saturated carbocycles. The lowest BCUT2D eigenvalue weighted by molar-refractivity contribution is -0.157. The second-order valence-electron chi connectivity index (χ2n) is 8.27. The summed E-state index contributed by atoms with van der Waals surface area (Å²) >= 11 is 9.08. The maximum absolute atomic E-state index is 13.1. The molecule has 3 aromatic rings. The largest absolute Gasteiger partial charge is 0.478 e. The Morgan fingerprint density at radius 1 is 0.762 bits per heavy atom. The molecule has 1 amide bonds. The number of esters is 2. The summed E-state index contributed by atoms with van der Waals surface area (Å²) in [6, 6.07) is 9.27. The minimum Gasteiger partial charge on any atom is -0.478 e. The number of carbonyl (C=O) groups excluding carboxylic acids is 3. The SMILES string of the molecule is O=C(O[C@H](C(=O)O)[C@@H](OC(=O)c1cccc(C(F)(F)F)c1)C(=O)Nc1ccc(Br)c(Cl)c1)c1cccc(C(F)(F)F)c1. The molecule has 0 heterocycles. The molecule has 0 spiro atoms. The van der Waals surface area contributed by atoms with Crippen molar-refractivity contribution in [3.63, 3.8) is 0 Å². The number of carboxylic acids is 1. The molecular formula is C26H15BrClF6NO7. The van der Waals surface area contributed by atoms with E-state index in [9.17, 15) is 50.6 Å². The van der Waals surface area contributed by atoms with E-state index in [4.69, 9.17) is 21.1 Å². The molecule has 2 N–H and O–H groups in total. The number of amides is 1. The van der Waals surface area contributed by atoms with Gasteiger partial charge in [0.25, 0.3) is 5.91 Å². The zero-order valence-corrected chi connectivity index (χ0v) is 22.8. The van der Waals surface area contributed by atoms with Gasteiger partial charge in [-0.15, -0.1) is 0 Å². The number of carboxylic acid groups (broad SMARTS) is 1. The van der Waals surface area contributed by atoms with E-state index in [0.717, 1.165) is 24.3 Å². The average Bonchev–Trinajstić information content (AvgIpc) is 2.91. The van der Waals surface area contributed by atoms with Crippen LogP contribution in [0.25, 0.3) is 0 Å². The third-order valence-corrected chi connectivity index (χ3v) is 6.52. The van der Waals surface area contributed by atoms with E-state index >= 15 is 0 Å². The predicted molar refractivity (Wildman–Crippen MR) is 137 cm³/mol. The van der Waals surface area contributed by atoms with Crippen molar-refractivity contribution >= 4 is 57.0 Å². The van der Waals surface area contributed by atoms with E-state index in [0.29, 0.717) is 28.7 Å². The summed E-state index contributed by atoms with van der Waals surface area (Å²) in [4.78, 5) is 50.6. The van der Waals surface area contributed by atoms with Crippen molar-refractivity contribution < 1.29 is 60.1 Å². The molecule has 0 unspecified atom stereocenters. The third-order valence-electron chi connectivity index (χ3n) is 5.28. The Bertz CT molecular complexity index is 1530. The van der Waals surface area contributed by atoms with E-state index in [1.165, 1.54) is 18.2 Å². The second kappa shape index (κ2) is 12.8. The molecule has 0 bridgehead atoms. The number of hydrogen-bond donors (Lipinski definition) is 2. The van der Waals surface area contributed by atoms with Crippen LogP contribution in [0.1, 0.15) is 31.8 Å². The summed E-state index contributed by atoms with van der Waals surface area (Å²) in [5, 5.41) is 12.0. The van der Waals surface area contributed by atoms with Crippen molar-refractivity contribution in [3.05, 3.63) is 98.5 Å². The fraction of sp³-hybridized carbons (Fsp3) is 0.154. The van der Waals surface area contributed by atoms with Crippen LogP contribution in [0, 0.1) is 0 Å². The lowest BCUT2D eigenvalue weighted by Crippen LogP contribution is -2.48. The maximum atomic E-state index is 13.1. The van der Waals surface area contributed by atoms with Gasteiger partial charge in [-0.3, -0.25) is 4.79 Å². The Morgan fingerprint density at radius 3 is 1.67 bits per heavy atom. The molecule has 0 aliphatic rings. The third kappa shape index (κ3) is 8.22. The van der Waals surface area contributed by atoms with E-state index in [2.05, 4.69) is 21.2 Å². The Morgan fingerprint density at radius 2 is 1.24 bits per heavy atom. The minimum atomic E-state index is -4.88. The van der Waals surface area contributed by atoms with Crippen molar-refractivity contribution in [2.45, 2.75) is 24.6 Å². The molecule has 8 nitrogen and oxygen atoms in total. The van der Waals surface area contributed by atoms with Crippen LogP contribution in [-0.2, 0) is 31.4 Å². The van der Waals surface area contributed by atoms with Crippen molar-refractivity contribution in [2.24, 2.45) is 0 Å². The lowest BCUT2D eigenvalue weighted by atomic mass is 10.1. The first-order valence-corrected chi connectivity index (χ1v) is 12.4. The first kappa shape index (κ1) is 32.4. The first-order valence-electron chi connectivity index (χ1n) is 11.2. The fourth-order valence-electron chi connectivity index (χ4n) is 3.29. The van der Waals surface area contributed by atoms with Gasteiger partial charge in [-0.2, -0.15) is 26.3 Å². The topological polar surface area (TPSA) is 119 Å². The number of hydrogen-bond acceptors (Lipinski definition) is 6. The summed E-state index contributed by atoms with van der Waals surface area (Å²) in [6.07, 6.45) is -15.0. The molecule has 222 valence electrons. The van der Waals surface area contributed by atoms with Crippen LogP contribution in [0.2, 0.25) is 5.02 Å². The number of ether oxygens (including phenoxy) is 2. The van der Waals surface area contributed by atoms with Crippen molar-refractivity contribution in [3.8, 4) is 0 Å². The number of anilines is 1. The molecule has 0 saturated heterocycles. The minimum absolute atomic E-state index is 0.0679. The molecule has 3 aromatic carbocycles. The number of carbonyl (C=O) groups is 4. The van der Waals surface area contributed by atoms with Crippen molar-refractivity contribution in [2.75, 3.05) is 5.32 Å². The number of rotatable bonds is 8. The highest BCUT2D eigenvalue weighted by Gasteiger charge is 2.42. The molecule has 0 aliphatic carbocycles. The van der Waals surface area contributed by atoms with Gasteiger partial charge >= 0.3 is 30.3 Å². The van der Waals surface area contributed by atoms with Gasteiger partial charge in [-0.1, -0.05) is 23.7 Å². The summed E-state index contributed by atoms with van der Waals surface area (Å²) in [7, 11) is 0. The standard InChI is InChI=1S/C26H15BrClF6NO7/c27-17-8-7-16(11-18(17)28)35-21(36)19(41-23(39)12-3-1-5-14(9-12)25(29,30)31)20(22(37)38)42-24(40)13-4-2-6-15(10-13)26(32,33)34/h1-11,19-20H,(H,35,36)(H,37,38)/t19-,20+/m1/s1. The number of alkyl halides is 6. The number of halogens is 8. The van der Waals surface area contributed by atoms with Gasteiger partial charge < -0.3 is 19.9 Å². The summed E-state index contributed by atoms with van der Waals surface area (Å²) in [5.41, 5.74) is -4.13. The number of aliphatic carboxylic acids is 1. The Kier molecular flexibility index (Phi) is 9.89. The molecule has 0 aromatic heterocycles. The van der Waals surface area contributed by atoms with E-state index in [1.807, 2.05) is 0 Å². The normalized spacial score (nSPS) is 13.0. The average molecular weight is 683 g/mol. The molecule has 3 rings (SSSR count). The number of nitrogens with one attached hydrogen (secondary N) is 1. The molecule has 2 atom stereocenters. The molecule has 0 radical (unpaired) electrons. The smallest absolute Gasteiger partial charge is 0.416 e. The van der Waals surface area contributed by atoms with E-state index in [1.54, 1.807) is 0 Å². The van der Waals surface area contributed by atoms with E-state index in [-0.39, 0.29) is 10.7 Å². The highest BCUT2D eigenvalue weighted by molar-refractivity contribution is 9.10. The van der Waals surface area contributed by atoms with Gasteiger partial charge in [0.2, 0.25) is 12.2 Å². The Hall–Kier alpha value is -4.11. The van der Waals surface area contributed by atoms with Gasteiger partial charge in [0, 0.05) is 10.2 Å². The first-order chi connectivity index (χ1) is 19.5. The van der Waals surface area contributed by atoms with Crippen LogP contribution in [0.3, 0.4) is 0 Å². The maximum Gasteiger partial charge on any atom is 0.416 e. The van der Waals surface area contributed by atoms with Gasteiger partial charge in [0.1, 0.15) is 0 Å². The Labute approximate surface area is 245 Å². The second-order valence-corrected chi connectivity index (χ2v) is 9.53. The van der Waals surface area contributed by atoms with E-state index < -0.39 is 70.6 Å². The van der Waals surface area contributed by atoms with Crippen LogP contribution in [0.4, 0.5) is 32.0 Å². The van der Waals surface area contributed by atoms with Gasteiger partial charge in [-0.05, 0) is 70.5 Å². The van der Waals surface area contributed by atoms with Crippen LogP contribution in [-0.4, -0.2) is 41.1 Å². The fourth-order valence-corrected chi connectivity index (χ4v) is 3.72. The molecule has 0 aliphatic heterocycles. The van der Waals surface area contributed by atoms with Crippen LogP contribution < -0.4 is 5.32 Å². The predicted octanol–water partition coefficient (Wildman–Crippen LogP) is 6.61. The lowest BCUT2D eigenvalue weighted by Gasteiger charge is -2.24. The van der Waals surface area contributed by atoms with Crippen LogP contribution >= 0.6 is 27.5 Å². The Balaban J connectivity index is 1.98. The summed E-state index contributed by atoms with van der Waals surface area (Å²) in [5.74, 6) is -6.77. The molecular weight excluding hydrogens is 668 g/mol. The molecule has 0 fully saturated rings. The summed E-state index contributed by atoms with van der Waals surface area (Å²) in [6.45, 7) is 0. The quantitative estimate of drug-likeness (QED) is 0.203. The highest BCUT2D eigenvalue weighted by Crippen LogP contribution is 2.31. The highest BCUT2D eigenvalue weighted by atomic mass is 79.9. The van der Waals surface area contributed by atoms with Crippen LogP contribution in [0.15, 0.2) is 71.2 Å². The molecule has 42 heavy (non-hydrogen) atoms. The van der Waals surface area contributed by atoms with Crippen LogP contribution in [0.5, 0.6) is 0 Å². The zero-order valence-electron chi connectivity index (χ0n) is 20.4. The van der Waals surface area contributed by atoms with Crippen molar-refractivity contribution in [1.29, 1.82) is 0 Å². The van der Waals surface area contributed by atoms with Gasteiger partial charge in [0.05, 0.1) is 27.3 Å².